The molecule has 7 rings (SSSR count). The number of anilines is 1. The van der Waals surface area contributed by atoms with Gasteiger partial charge in [-0.05, 0) is 60.4 Å². The van der Waals surface area contributed by atoms with Crippen LogP contribution in [-0.2, 0) is 4.79 Å². The molecule has 9 heteroatoms. The zero-order chi connectivity index (χ0) is 24.8. The van der Waals surface area contributed by atoms with Gasteiger partial charge in [0, 0.05) is 58.8 Å². The molecule has 0 radical (unpaired) electrons. The summed E-state index contributed by atoms with van der Waals surface area (Å²) in [5.74, 6) is 0.175. The molecule has 1 fully saturated rings. The van der Waals surface area contributed by atoms with Crippen molar-refractivity contribution in [3.63, 3.8) is 0 Å². The fourth-order valence-corrected chi connectivity index (χ4v) is 4.79. The second-order valence-corrected chi connectivity index (χ2v) is 9.31. The molecule has 180 valence electrons. The molecule has 0 spiro atoms. The normalized spacial score (nSPS) is 13.6. The molecule has 3 N–H and O–H groups in total. The largest absolute Gasteiger partial charge is 0.338 e. The van der Waals surface area contributed by atoms with E-state index in [0.717, 1.165) is 69.3 Å². The maximum atomic E-state index is 12.4. The molecular formula is C28H22N8O. The number of H-pyrrole nitrogens is 2. The summed E-state index contributed by atoms with van der Waals surface area (Å²) in [6, 6.07) is 12.0. The summed E-state index contributed by atoms with van der Waals surface area (Å²) in [5, 5.41) is 12.5. The van der Waals surface area contributed by atoms with Gasteiger partial charge >= 0.3 is 0 Å². The van der Waals surface area contributed by atoms with Crippen molar-refractivity contribution in [3.8, 4) is 33.6 Å². The highest BCUT2D eigenvalue weighted by Gasteiger charge is 2.25. The van der Waals surface area contributed by atoms with Gasteiger partial charge in [0.25, 0.3) is 0 Å². The van der Waals surface area contributed by atoms with Crippen LogP contribution in [0.1, 0.15) is 19.3 Å². The number of hydrogen-bond donors (Lipinski definition) is 3. The molecule has 6 aromatic rings. The minimum atomic E-state index is 0.0643. The molecule has 1 amide bonds. The maximum absolute atomic E-state index is 12.4. The van der Waals surface area contributed by atoms with Crippen molar-refractivity contribution in [1.29, 1.82) is 0 Å². The minimum Gasteiger partial charge on any atom is -0.338 e. The summed E-state index contributed by atoms with van der Waals surface area (Å²) in [5.41, 5.74) is 7.64. The van der Waals surface area contributed by atoms with Crippen LogP contribution in [0, 0.1) is 5.92 Å². The molecule has 0 aliphatic heterocycles. The molecule has 0 atom stereocenters. The van der Waals surface area contributed by atoms with Crippen LogP contribution in [-0.4, -0.2) is 41.0 Å². The smallest absolute Gasteiger partial charge is 0.227 e. The number of amides is 1. The maximum Gasteiger partial charge on any atom is 0.227 e. The Hall–Kier alpha value is -4.92. The van der Waals surface area contributed by atoms with Crippen LogP contribution >= 0.6 is 0 Å². The van der Waals surface area contributed by atoms with Gasteiger partial charge in [-0.25, -0.2) is 9.97 Å². The lowest BCUT2D eigenvalue weighted by molar-refractivity contribution is -0.122. The number of aromatic amines is 2. The molecular weight excluding hydrogens is 464 g/mol. The van der Waals surface area contributed by atoms with E-state index in [0.29, 0.717) is 11.3 Å². The third-order valence-corrected chi connectivity index (χ3v) is 7.01. The van der Waals surface area contributed by atoms with Gasteiger partial charge in [-0.2, -0.15) is 5.10 Å². The van der Waals surface area contributed by atoms with Crippen molar-refractivity contribution >= 4 is 33.7 Å². The zero-order valence-electron chi connectivity index (χ0n) is 19.8. The van der Waals surface area contributed by atoms with E-state index in [1.54, 1.807) is 37.2 Å². The summed E-state index contributed by atoms with van der Waals surface area (Å²) in [6.45, 7) is 0. The lowest BCUT2D eigenvalue weighted by Gasteiger charge is -2.24. The number of hydrogen-bond acceptors (Lipinski definition) is 6. The highest BCUT2D eigenvalue weighted by atomic mass is 16.1. The molecule has 1 aliphatic rings. The molecule has 37 heavy (non-hydrogen) atoms. The van der Waals surface area contributed by atoms with Crippen LogP contribution in [0.2, 0.25) is 0 Å². The number of fused-ring (bicyclic) bond motifs is 2. The van der Waals surface area contributed by atoms with Gasteiger partial charge in [0.15, 0.2) is 5.65 Å². The van der Waals surface area contributed by atoms with Gasteiger partial charge in [0.05, 0.1) is 17.6 Å². The van der Waals surface area contributed by atoms with Crippen molar-refractivity contribution in [1.82, 2.24) is 35.1 Å². The van der Waals surface area contributed by atoms with E-state index in [4.69, 9.17) is 0 Å². The van der Waals surface area contributed by atoms with Crippen LogP contribution in [0.3, 0.4) is 0 Å². The summed E-state index contributed by atoms with van der Waals surface area (Å²) < 4.78 is 0. The van der Waals surface area contributed by atoms with Crippen LogP contribution in [0.4, 0.5) is 5.69 Å². The average Bonchev–Trinajstić information content (AvgIpc) is 3.52. The summed E-state index contributed by atoms with van der Waals surface area (Å²) in [6.07, 6.45) is 13.6. The van der Waals surface area contributed by atoms with E-state index in [2.05, 4.69) is 46.5 Å². The van der Waals surface area contributed by atoms with E-state index in [9.17, 15) is 4.79 Å². The molecule has 0 saturated heterocycles. The molecule has 6 heterocycles. The Bertz CT molecular complexity index is 1770. The SMILES string of the molecule is O=C(Nc1cncc(-c2cnc3[nH]nc(-c4cc5c(-c6ccncc6)ccnc5[nH]4)c3c2)c1)C1CCC1. The Balaban J connectivity index is 1.26. The first-order chi connectivity index (χ1) is 18.2. The Kier molecular flexibility index (Phi) is 4.99. The standard InChI is InChI=1S/C28H22N8O/c37-28(17-2-1-3-17)33-20-10-18(13-30-15-20)19-11-23-25(35-36-27(23)32-14-19)24-12-22-21(6-9-31-26(22)34-24)16-4-7-29-8-5-16/h4-15,17H,1-3H2,(H,31,34)(H,33,37)(H,32,35,36). The van der Waals surface area contributed by atoms with Crippen molar-refractivity contribution in [3.05, 3.63) is 73.6 Å². The number of nitrogens with one attached hydrogen (secondary N) is 3. The molecule has 1 saturated carbocycles. The first-order valence-electron chi connectivity index (χ1n) is 12.2. The van der Waals surface area contributed by atoms with Gasteiger partial charge < -0.3 is 10.3 Å². The number of aromatic nitrogens is 7. The first kappa shape index (κ1) is 21.4. The van der Waals surface area contributed by atoms with Gasteiger partial charge in [-0.3, -0.25) is 19.9 Å². The lowest BCUT2D eigenvalue weighted by Crippen LogP contribution is -2.28. The Morgan fingerprint density at radius 3 is 2.54 bits per heavy atom. The van der Waals surface area contributed by atoms with Gasteiger partial charge in [-0.1, -0.05) is 6.42 Å². The van der Waals surface area contributed by atoms with E-state index in [1.165, 1.54) is 0 Å². The highest BCUT2D eigenvalue weighted by Crippen LogP contribution is 2.34. The highest BCUT2D eigenvalue weighted by molar-refractivity contribution is 6.00. The van der Waals surface area contributed by atoms with Gasteiger partial charge in [0.1, 0.15) is 11.3 Å². The lowest BCUT2D eigenvalue weighted by atomic mass is 9.85. The van der Waals surface area contributed by atoms with Gasteiger partial charge in [0.2, 0.25) is 5.91 Å². The van der Waals surface area contributed by atoms with Crippen LogP contribution in [0.5, 0.6) is 0 Å². The minimum absolute atomic E-state index is 0.0643. The monoisotopic (exact) mass is 486 g/mol. The topological polar surface area (TPSA) is 125 Å². The van der Waals surface area contributed by atoms with Crippen molar-refractivity contribution in [2.75, 3.05) is 5.32 Å². The average molecular weight is 487 g/mol. The summed E-state index contributed by atoms with van der Waals surface area (Å²) in [7, 11) is 0. The van der Waals surface area contributed by atoms with Crippen molar-refractivity contribution < 1.29 is 4.79 Å². The predicted octanol–water partition coefficient (Wildman–Crippen LogP) is 5.36. The number of nitrogens with zero attached hydrogens (tertiary/aromatic N) is 5. The van der Waals surface area contributed by atoms with Crippen LogP contribution < -0.4 is 5.32 Å². The number of carbonyl (C=O) groups is 1. The Morgan fingerprint density at radius 2 is 1.70 bits per heavy atom. The fourth-order valence-electron chi connectivity index (χ4n) is 4.79. The fraction of sp³-hybridized carbons (Fsp3) is 0.143. The number of pyridine rings is 4. The first-order valence-corrected chi connectivity index (χ1v) is 12.2. The Morgan fingerprint density at radius 1 is 0.838 bits per heavy atom. The van der Waals surface area contributed by atoms with E-state index in [-0.39, 0.29) is 11.8 Å². The van der Waals surface area contributed by atoms with Gasteiger partial charge in [-0.15, -0.1) is 0 Å². The predicted molar refractivity (Wildman–Crippen MR) is 141 cm³/mol. The molecule has 9 nitrogen and oxygen atoms in total. The molecule has 0 bridgehead atoms. The zero-order valence-corrected chi connectivity index (χ0v) is 19.8. The molecule has 0 unspecified atom stereocenters. The van der Waals surface area contributed by atoms with E-state index in [1.807, 2.05) is 30.3 Å². The second-order valence-electron chi connectivity index (χ2n) is 9.31. The van der Waals surface area contributed by atoms with Crippen LogP contribution in [0.15, 0.2) is 73.6 Å². The van der Waals surface area contributed by atoms with Crippen molar-refractivity contribution in [2.24, 2.45) is 5.92 Å². The van der Waals surface area contributed by atoms with Crippen LogP contribution in [0.25, 0.3) is 55.7 Å². The van der Waals surface area contributed by atoms with E-state index < -0.39 is 0 Å². The van der Waals surface area contributed by atoms with Crippen molar-refractivity contribution in [2.45, 2.75) is 19.3 Å². The third-order valence-electron chi connectivity index (χ3n) is 7.01. The molecule has 0 aromatic carbocycles. The molecule has 6 aromatic heterocycles. The summed E-state index contributed by atoms with van der Waals surface area (Å²) >= 11 is 0. The third kappa shape index (κ3) is 3.81. The number of carbonyl (C=O) groups excluding carboxylic acids is 1. The summed E-state index contributed by atoms with van der Waals surface area (Å²) in [4.78, 5) is 33.4. The Labute approximate surface area is 211 Å². The van der Waals surface area contributed by atoms with E-state index >= 15 is 0 Å². The quantitative estimate of drug-likeness (QED) is 0.301. The molecule has 1 aliphatic carbocycles. The number of rotatable bonds is 5. The second kappa shape index (κ2) is 8.63.